The Labute approximate surface area is 186 Å². The van der Waals surface area contributed by atoms with Gasteiger partial charge < -0.3 is 16.0 Å². The summed E-state index contributed by atoms with van der Waals surface area (Å²) in [5.74, 6) is -0.306. The number of carbonyl (C=O) groups is 2. The fraction of sp³-hybridized carbons (Fsp3) is 0.375. The molecule has 1 aromatic heterocycles. The molecular formula is C24H28FN5O2. The second kappa shape index (κ2) is 8.61. The minimum Gasteiger partial charge on any atom is -0.351 e. The third-order valence-electron chi connectivity index (χ3n) is 6.38. The summed E-state index contributed by atoms with van der Waals surface area (Å²) in [7, 11) is 0. The molecule has 8 heteroatoms. The first-order valence-electron chi connectivity index (χ1n) is 10.8. The van der Waals surface area contributed by atoms with Crippen molar-refractivity contribution < 1.29 is 14.0 Å². The molecule has 2 heterocycles. The number of nitrogens with zero attached hydrogens (tertiary/aromatic N) is 3. The van der Waals surface area contributed by atoms with Crippen molar-refractivity contribution in [2.24, 2.45) is 11.7 Å². The molecule has 7 nitrogen and oxygen atoms in total. The summed E-state index contributed by atoms with van der Waals surface area (Å²) in [4.78, 5) is 26.3. The van der Waals surface area contributed by atoms with Crippen LogP contribution in [0.2, 0.25) is 0 Å². The van der Waals surface area contributed by atoms with Crippen LogP contribution in [0.15, 0.2) is 48.5 Å². The largest absolute Gasteiger partial charge is 0.351 e. The Balaban J connectivity index is 1.54. The maximum Gasteiger partial charge on any atom is 0.314 e. The molecule has 4 rings (SSSR count). The quantitative estimate of drug-likeness (QED) is 0.640. The van der Waals surface area contributed by atoms with Gasteiger partial charge in [-0.05, 0) is 56.4 Å². The molecule has 1 aliphatic heterocycles. The number of carbonyl (C=O) groups excluding carboxylic acids is 2. The number of aromatic nitrogens is 2. The average Bonchev–Trinajstić information content (AvgIpc) is 3.14. The number of fused-ring (bicyclic) bond motifs is 1. The highest BCUT2D eigenvalue weighted by Gasteiger charge is 2.35. The van der Waals surface area contributed by atoms with Crippen molar-refractivity contribution in [3.63, 3.8) is 0 Å². The van der Waals surface area contributed by atoms with Gasteiger partial charge in [0.05, 0.1) is 12.1 Å². The summed E-state index contributed by atoms with van der Waals surface area (Å²) >= 11 is 0. The molecule has 168 valence electrons. The van der Waals surface area contributed by atoms with Crippen LogP contribution >= 0.6 is 0 Å². The van der Waals surface area contributed by atoms with Gasteiger partial charge in [-0.3, -0.25) is 9.48 Å². The average molecular weight is 438 g/mol. The molecule has 0 aliphatic carbocycles. The van der Waals surface area contributed by atoms with E-state index < -0.39 is 11.6 Å². The number of rotatable bonds is 5. The van der Waals surface area contributed by atoms with E-state index in [1.165, 1.54) is 12.1 Å². The fourth-order valence-corrected chi connectivity index (χ4v) is 4.45. The number of piperidine rings is 1. The van der Waals surface area contributed by atoms with Crippen molar-refractivity contribution >= 4 is 22.8 Å². The van der Waals surface area contributed by atoms with Crippen LogP contribution in [0, 0.1) is 11.7 Å². The smallest absolute Gasteiger partial charge is 0.314 e. The first-order chi connectivity index (χ1) is 15.2. The Morgan fingerprint density at radius 1 is 1.12 bits per heavy atom. The van der Waals surface area contributed by atoms with Crippen LogP contribution in [0.25, 0.3) is 10.9 Å². The van der Waals surface area contributed by atoms with E-state index in [9.17, 15) is 14.0 Å². The number of amides is 3. The maximum atomic E-state index is 13.3. The lowest BCUT2D eigenvalue weighted by atomic mass is 9.80. The van der Waals surface area contributed by atoms with Crippen LogP contribution < -0.4 is 11.1 Å². The summed E-state index contributed by atoms with van der Waals surface area (Å²) in [6.07, 6.45) is 1.55. The van der Waals surface area contributed by atoms with E-state index >= 15 is 0 Å². The number of nitrogens with one attached hydrogen (secondary N) is 1. The second-order valence-electron chi connectivity index (χ2n) is 8.93. The second-order valence-corrected chi connectivity index (χ2v) is 8.93. The summed E-state index contributed by atoms with van der Waals surface area (Å²) in [5.41, 5.74) is 7.02. The molecule has 0 saturated carbocycles. The SMILES string of the molecule is CC(C)(NC(=O)c1nn(Cc2ccc(F)cc2)c2ccccc12)C1CCN(C(N)=O)CC1. The zero-order valence-corrected chi connectivity index (χ0v) is 18.3. The molecule has 0 spiro atoms. The lowest BCUT2D eigenvalue weighted by Crippen LogP contribution is -2.53. The number of urea groups is 1. The van der Waals surface area contributed by atoms with Gasteiger partial charge in [0.2, 0.25) is 0 Å². The molecule has 3 aromatic rings. The molecule has 0 radical (unpaired) electrons. The summed E-state index contributed by atoms with van der Waals surface area (Å²) in [6, 6.07) is 13.5. The third-order valence-corrected chi connectivity index (χ3v) is 6.38. The van der Waals surface area contributed by atoms with Crippen molar-refractivity contribution in [3.8, 4) is 0 Å². The van der Waals surface area contributed by atoms with Gasteiger partial charge in [0.25, 0.3) is 5.91 Å². The van der Waals surface area contributed by atoms with Gasteiger partial charge >= 0.3 is 6.03 Å². The Hall–Kier alpha value is -3.42. The van der Waals surface area contributed by atoms with Crippen molar-refractivity contribution in [1.82, 2.24) is 20.0 Å². The van der Waals surface area contributed by atoms with Crippen LogP contribution in [0.1, 0.15) is 42.7 Å². The van der Waals surface area contributed by atoms with Crippen molar-refractivity contribution in [1.29, 1.82) is 0 Å². The monoisotopic (exact) mass is 437 g/mol. The van der Waals surface area contributed by atoms with Gasteiger partial charge in [-0.15, -0.1) is 0 Å². The number of primary amides is 1. The van der Waals surface area contributed by atoms with Crippen LogP contribution in [0.4, 0.5) is 9.18 Å². The third kappa shape index (κ3) is 4.44. The van der Waals surface area contributed by atoms with Crippen LogP contribution in [-0.4, -0.2) is 45.2 Å². The van der Waals surface area contributed by atoms with E-state index in [-0.39, 0.29) is 17.6 Å². The van der Waals surface area contributed by atoms with E-state index in [1.54, 1.807) is 21.7 Å². The van der Waals surface area contributed by atoms with E-state index in [1.807, 2.05) is 38.1 Å². The molecule has 32 heavy (non-hydrogen) atoms. The van der Waals surface area contributed by atoms with Gasteiger partial charge in [0, 0.05) is 24.0 Å². The number of hydrogen-bond donors (Lipinski definition) is 2. The molecule has 0 atom stereocenters. The highest BCUT2D eigenvalue weighted by molar-refractivity contribution is 6.05. The molecule has 0 bridgehead atoms. The molecule has 2 aromatic carbocycles. The standard InChI is InChI=1S/C24H28FN5O2/c1-24(2,17-11-13-29(14-12-17)23(26)32)27-22(31)21-19-5-3-4-6-20(19)30(28-21)15-16-7-9-18(25)10-8-16/h3-10,17H,11-15H2,1-2H3,(H2,26,32)(H,27,31). The van der Waals surface area contributed by atoms with Gasteiger partial charge in [0.15, 0.2) is 5.69 Å². The zero-order chi connectivity index (χ0) is 22.9. The minimum absolute atomic E-state index is 0.217. The molecule has 1 aliphatic rings. The van der Waals surface area contributed by atoms with E-state index in [0.29, 0.717) is 25.3 Å². The number of likely N-dealkylation sites (tertiary alicyclic amines) is 1. The Morgan fingerprint density at radius 2 is 1.78 bits per heavy atom. The summed E-state index contributed by atoms with van der Waals surface area (Å²) in [6.45, 7) is 5.63. The van der Waals surface area contributed by atoms with Gasteiger partial charge in [-0.2, -0.15) is 5.10 Å². The van der Waals surface area contributed by atoms with Crippen molar-refractivity contribution in [3.05, 3.63) is 65.6 Å². The van der Waals surface area contributed by atoms with Crippen LogP contribution in [0.3, 0.4) is 0 Å². The molecular weight excluding hydrogens is 409 g/mol. The van der Waals surface area contributed by atoms with Crippen LogP contribution in [-0.2, 0) is 6.54 Å². The Kier molecular flexibility index (Phi) is 5.86. The predicted octanol–water partition coefficient (Wildman–Crippen LogP) is 3.52. The highest BCUT2D eigenvalue weighted by atomic mass is 19.1. The summed E-state index contributed by atoms with van der Waals surface area (Å²) in [5, 5.41) is 8.55. The van der Waals surface area contributed by atoms with E-state index in [4.69, 9.17) is 5.73 Å². The molecule has 3 amide bonds. The van der Waals surface area contributed by atoms with Crippen LogP contribution in [0.5, 0.6) is 0 Å². The number of hydrogen-bond acceptors (Lipinski definition) is 3. The maximum absolute atomic E-state index is 13.3. The van der Waals surface area contributed by atoms with Gasteiger partial charge in [0.1, 0.15) is 5.82 Å². The minimum atomic E-state index is -0.470. The zero-order valence-electron chi connectivity index (χ0n) is 18.3. The fourth-order valence-electron chi connectivity index (χ4n) is 4.45. The molecule has 1 fully saturated rings. The van der Waals surface area contributed by atoms with Gasteiger partial charge in [-0.1, -0.05) is 30.3 Å². The van der Waals surface area contributed by atoms with Crippen molar-refractivity contribution in [2.45, 2.75) is 38.8 Å². The summed E-state index contributed by atoms with van der Waals surface area (Å²) < 4.78 is 15.0. The van der Waals surface area contributed by atoms with Gasteiger partial charge in [-0.25, -0.2) is 9.18 Å². The number of nitrogens with two attached hydrogens (primary N) is 1. The lowest BCUT2D eigenvalue weighted by Gasteiger charge is -2.40. The Bertz CT molecular complexity index is 1130. The Morgan fingerprint density at radius 3 is 2.44 bits per heavy atom. The molecule has 3 N–H and O–H groups in total. The van der Waals surface area contributed by atoms with E-state index in [2.05, 4.69) is 10.4 Å². The normalized spacial score (nSPS) is 15.2. The first kappa shape index (κ1) is 21.8. The number of para-hydroxylation sites is 1. The van der Waals surface area contributed by atoms with Crippen molar-refractivity contribution in [2.75, 3.05) is 13.1 Å². The molecule has 1 saturated heterocycles. The lowest BCUT2D eigenvalue weighted by molar-refractivity contribution is 0.0826. The first-order valence-corrected chi connectivity index (χ1v) is 10.8. The highest BCUT2D eigenvalue weighted by Crippen LogP contribution is 2.29. The number of halogens is 1. The molecule has 0 unspecified atom stereocenters. The number of benzene rings is 2. The predicted molar refractivity (Wildman–Crippen MR) is 121 cm³/mol. The van der Waals surface area contributed by atoms with E-state index in [0.717, 1.165) is 29.3 Å². The topological polar surface area (TPSA) is 93.2 Å².